The van der Waals surface area contributed by atoms with Crippen LogP contribution in [0.25, 0.3) is 0 Å². The van der Waals surface area contributed by atoms with E-state index in [-0.39, 0.29) is 0 Å². The highest BCUT2D eigenvalue weighted by Gasteiger charge is 2.13. The van der Waals surface area contributed by atoms with Crippen LogP contribution in [0.15, 0.2) is 0 Å². The van der Waals surface area contributed by atoms with Gasteiger partial charge in [0.1, 0.15) is 0 Å². The SMILES string of the molecule is CC(=O)O.O=C(O)CCC1CCNCC1. The number of carboxylic acids is 2. The van der Waals surface area contributed by atoms with Crippen LogP contribution in [0.3, 0.4) is 0 Å². The lowest BCUT2D eigenvalue weighted by atomic mass is 9.93. The molecule has 0 aromatic carbocycles. The smallest absolute Gasteiger partial charge is 0.303 e. The number of carboxylic acid groups (broad SMARTS) is 2. The van der Waals surface area contributed by atoms with Gasteiger partial charge in [0, 0.05) is 13.3 Å². The molecular weight excluding hydrogens is 198 g/mol. The zero-order chi connectivity index (χ0) is 11.7. The van der Waals surface area contributed by atoms with Gasteiger partial charge in [0.25, 0.3) is 5.97 Å². The van der Waals surface area contributed by atoms with E-state index >= 15 is 0 Å². The van der Waals surface area contributed by atoms with Gasteiger partial charge in [-0.3, -0.25) is 9.59 Å². The van der Waals surface area contributed by atoms with Crippen LogP contribution in [0.2, 0.25) is 0 Å². The molecule has 88 valence electrons. The summed E-state index contributed by atoms with van der Waals surface area (Å²) in [5, 5.41) is 19.1. The molecule has 1 rings (SSSR count). The molecule has 5 nitrogen and oxygen atoms in total. The van der Waals surface area contributed by atoms with E-state index in [1.807, 2.05) is 0 Å². The van der Waals surface area contributed by atoms with Crippen LogP contribution in [0.5, 0.6) is 0 Å². The van der Waals surface area contributed by atoms with Gasteiger partial charge >= 0.3 is 5.97 Å². The van der Waals surface area contributed by atoms with E-state index in [4.69, 9.17) is 15.0 Å². The first kappa shape index (κ1) is 13.9. The Morgan fingerprint density at radius 2 is 1.73 bits per heavy atom. The molecule has 0 amide bonds. The van der Waals surface area contributed by atoms with Crippen molar-refractivity contribution in [2.24, 2.45) is 5.92 Å². The van der Waals surface area contributed by atoms with Crippen LogP contribution in [-0.2, 0) is 9.59 Å². The number of rotatable bonds is 3. The second kappa shape index (κ2) is 8.23. The maximum atomic E-state index is 10.2. The highest BCUT2D eigenvalue weighted by atomic mass is 16.4. The summed E-state index contributed by atoms with van der Waals surface area (Å²) in [6.45, 7) is 3.20. The largest absolute Gasteiger partial charge is 0.481 e. The Morgan fingerprint density at radius 1 is 1.27 bits per heavy atom. The molecule has 0 saturated carbocycles. The van der Waals surface area contributed by atoms with E-state index in [1.165, 1.54) is 0 Å². The molecule has 0 radical (unpaired) electrons. The van der Waals surface area contributed by atoms with E-state index < -0.39 is 11.9 Å². The zero-order valence-electron chi connectivity index (χ0n) is 9.03. The van der Waals surface area contributed by atoms with Gasteiger partial charge in [0.05, 0.1) is 0 Å². The number of piperidine rings is 1. The average Bonchev–Trinajstić information content (AvgIpc) is 2.15. The first-order valence-electron chi connectivity index (χ1n) is 5.14. The predicted molar refractivity (Wildman–Crippen MR) is 55.8 cm³/mol. The molecular formula is C10H19NO4. The molecule has 0 aromatic heterocycles. The second-order valence-corrected chi connectivity index (χ2v) is 3.64. The molecule has 0 unspecified atom stereocenters. The molecule has 15 heavy (non-hydrogen) atoms. The van der Waals surface area contributed by atoms with Crippen molar-refractivity contribution in [2.75, 3.05) is 13.1 Å². The summed E-state index contributed by atoms with van der Waals surface area (Å²) in [6.07, 6.45) is 3.49. The third-order valence-corrected chi connectivity index (χ3v) is 2.23. The van der Waals surface area contributed by atoms with Crippen molar-refractivity contribution in [3.8, 4) is 0 Å². The fourth-order valence-corrected chi connectivity index (χ4v) is 1.50. The van der Waals surface area contributed by atoms with E-state index in [1.54, 1.807) is 0 Å². The maximum absolute atomic E-state index is 10.2. The molecule has 1 heterocycles. The zero-order valence-corrected chi connectivity index (χ0v) is 9.03. The summed E-state index contributed by atoms with van der Waals surface area (Å²) < 4.78 is 0. The molecule has 1 aliphatic heterocycles. The lowest BCUT2D eigenvalue weighted by Crippen LogP contribution is -2.27. The first-order chi connectivity index (χ1) is 7.02. The van der Waals surface area contributed by atoms with Crippen molar-refractivity contribution in [3.05, 3.63) is 0 Å². The first-order valence-corrected chi connectivity index (χ1v) is 5.14. The molecule has 0 bridgehead atoms. The predicted octanol–water partition coefficient (Wildman–Crippen LogP) is 0.942. The Labute approximate surface area is 89.5 Å². The second-order valence-electron chi connectivity index (χ2n) is 3.64. The van der Waals surface area contributed by atoms with E-state index in [9.17, 15) is 4.79 Å². The molecule has 0 aromatic rings. The van der Waals surface area contributed by atoms with Gasteiger partial charge in [-0.15, -0.1) is 0 Å². The summed E-state index contributed by atoms with van der Waals surface area (Å²) in [7, 11) is 0. The Balaban J connectivity index is 0.000000423. The number of hydrogen-bond acceptors (Lipinski definition) is 3. The standard InChI is InChI=1S/C8H15NO2.C2H4O2/c10-8(11)2-1-7-3-5-9-6-4-7;1-2(3)4/h7,9H,1-6H2,(H,10,11);1H3,(H,3,4). The number of carbonyl (C=O) groups is 2. The normalized spacial score (nSPS) is 16.3. The third-order valence-electron chi connectivity index (χ3n) is 2.23. The summed E-state index contributed by atoms with van der Waals surface area (Å²) in [5.41, 5.74) is 0. The van der Waals surface area contributed by atoms with Crippen LogP contribution in [0.4, 0.5) is 0 Å². The van der Waals surface area contributed by atoms with Gasteiger partial charge in [0.2, 0.25) is 0 Å². The number of aliphatic carboxylic acids is 2. The van der Waals surface area contributed by atoms with Crippen LogP contribution in [0.1, 0.15) is 32.6 Å². The van der Waals surface area contributed by atoms with Crippen molar-refractivity contribution < 1.29 is 19.8 Å². The monoisotopic (exact) mass is 217 g/mol. The van der Waals surface area contributed by atoms with Gasteiger partial charge in [0.15, 0.2) is 0 Å². The Bertz CT molecular complexity index is 196. The minimum absolute atomic E-state index is 0.338. The molecule has 0 atom stereocenters. The molecule has 0 spiro atoms. The lowest BCUT2D eigenvalue weighted by molar-refractivity contribution is -0.137. The third kappa shape index (κ3) is 10.8. The quantitative estimate of drug-likeness (QED) is 0.655. The Hall–Kier alpha value is -1.10. The van der Waals surface area contributed by atoms with Gasteiger partial charge in [-0.05, 0) is 38.3 Å². The van der Waals surface area contributed by atoms with Gasteiger partial charge in [-0.2, -0.15) is 0 Å². The lowest BCUT2D eigenvalue weighted by Gasteiger charge is -2.21. The van der Waals surface area contributed by atoms with Crippen molar-refractivity contribution in [2.45, 2.75) is 32.6 Å². The maximum Gasteiger partial charge on any atom is 0.303 e. The minimum Gasteiger partial charge on any atom is -0.481 e. The summed E-state index contributed by atoms with van der Waals surface area (Å²) in [6, 6.07) is 0. The van der Waals surface area contributed by atoms with Crippen LogP contribution in [-0.4, -0.2) is 35.2 Å². The van der Waals surface area contributed by atoms with Crippen molar-refractivity contribution in [3.63, 3.8) is 0 Å². The molecule has 5 heteroatoms. The van der Waals surface area contributed by atoms with E-state index in [0.717, 1.165) is 39.3 Å². The van der Waals surface area contributed by atoms with Crippen molar-refractivity contribution in [1.82, 2.24) is 5.32 Å². The topological polar surface area (TPSA) is 86.6 Å². The molecule has 1 aliphatic rings. The molecule has 1 fully saturated rings. The van der Waals surface area contributed by atoms with Gasteiger partial charge in [-0.25, -0.2) is 0 Å². The number of hydrogen-bond donors (Lipinski definition) is 3. The van der Waals surface area contributed by atoms with Gasteiger partial charge < -0.3 is 15.5 Å². The Kier molecular flexibility index (Phi) is 7.62. The molecule has 1 saturated heterocycles. The molecule has 3 N–H and O–H groups in total. The van der Waals surface area contributed by atoms with Crippen LogP contribution < -0.4 is 5.32 Å². The van der Waals surface area contributed by atoms with Crippen molar-refractivity contribution >= 4 is 11.9 Å². The fraction of sp³-hybridized carbons (Fsp3) is 0.800. The van der Waals surface area contributed by atoms with Crippen molar-refractivity contribution in [1.29, 1.82) is 0 Å². The fourth-order valence-electron chi connectivity index (χ4n) is 1.50. The van der Waals surface area contributed by atoms with Crippen LogP contribution >= 0.6 is 0 Å². The summed E-state index contributed by atoms with van der Waals surface area (Å²) in [5.74, 6) is -0.851. The highest BCUT2D eigenvalue weighted by Crippen LogP contribution is 2.17. The van der Waals surface area contributed by atoms with Crippen LogP contribution in [0, 0.1) is 5.92 Å². The minimum atomic E-state index is -0.833. The van der Waals surface area contributed by atoms with E-state index in [2.05, 4.69) is 5.32 Å². The highest BCUT2D eigenvalue weighted by molar-refractivity contribution is 5.66. The molecule has 0 aliphatic carbocycles. The summed E-state index contributed by atoms with van der Waals surface area (Å²) in [4.78, 5) is 19.2. The van der Waals surface area contributed by atoms with Gasteiger partial charge in [-0.1, -0.05) is 0 Å². The van der Waals surface area contributed by atoms with E-state index in [0.29, 0.717) is 12.3 Å². The summed E-state index contributed by atoms with van der Waals surface area (Å²) >= 11 is 0. The average molecular weight is 217 g/mol. The number of nitrogens with one attached hydrogen (secondary N) is 1. The Morgan fingerprint density at radius 3 is 2.13 bits per heavy atom.